The summed E-state index contributed by atoms with van der Waals surface area (Å²) in [4.78, 5) is 14.9. The SMILES string of the molecule is O=C(NC1CN(C(c2ccccc2)c2ccccc2)C1)c1ccc(I)cc1. The van der Waals surface area contributed by atoms with Crippen LogP contribution in [-0.4, -0.2) is 29.9 Å². The number of carbonyl (C=O) groups is 1. The molecule has 3 aromatic carbocycles. The fourth-order valence-corrected chi connectivity index (χ4v) is 3.93. The van der Waals surface area contributed by atoms with Gasteiger partial charge in [-0.15, -0.1) is 0 Å². The molecule has 0 aliphatic carbocycles. The molecule has 3 aromatic rings. The van der Waals surface area contributed by atoms with E-state index in [2.05, 4.69) is 81.3 Å². The predicted molar refractivity (Wildman–Crippen MR) is 117 cm³/mol. The first-order valence-corrected chi connectivity index (χ1v) is 10.2. The van der Waals surface area contributed by atoms with Gasteiger partial charge in [-0.05, 0) is 58.0 Å². The largest absolute Gasteiger partial charge is 0.347 e. The van der Waals surface area contributed by atoms with E-state index in [1.807, 2.05) is 36.4 Å². The van der Waals surface area contributed by atoms with Crippen LogP contribution in [0.4, 0.5) is 0 Å². The topological polar surface area (TPSA) is 32.3 Å². The lowest BCUT2D eigenvalue weighted by molar-refractivity contribution is 0.0718. The zero-order valence-corrected chi connectivity index (χ0v) is 17.0. The molecule has 1 aliphatic heterocycles. The minimum absolute atomic E-state index is 0.00650. The third-order valence-corrected chi connectivity index (χ3v) is 5.67. The van der Waals surface area contributed by atoms with Crippen molar-refractivity contribution in [1.29, 1.82) is 0 Å². The fraction of sp³-hybridized carbons (Fsp3) is 0.174. The van der Waals surface area contributed by atoms with Gasteiger partial charge in [-0.25, -0.2) is 0 Å². The molecule has 0 unspecified atom stereocenters. The fourth-order valence-electron chi connectivity index (χ4n) is 3.57. The summed E-state index contributed by atoms with van der Waals surface area (Å²) >= 11 is 2.25. The molecule has 1 saturated heterocycles. The van der Waals surface area contributed by atoms with Gasteiger partial charge in [0.1, 0.15) is 0 Å². The maximum atomic E-state index is 12.4. The van der Waals surface area contributed by atoms with Gasteiger partial charge >= 0.3 is 0 Å². The normalized spacial score (nSPS) is 14.7. The molecule has 3 nitrogen and oxygen atoms in total. The molecular formula is C23H21IN2O. The lowest BCUT2D eigenvalue weighted by Gasteiger charge is -2.45. The van der Waals surface area contributed by atoms with Gasteiger partial charge < -0.3 is 5.32 Å². The van der Waals surface area contributed by atoms with Crippen LogP contribution in [0.15, 0.2) is 84.9 Å². The van der Waals surface area contributed by atoms with Gasteiger partial charge in [0.25, 0.3) is 5.91 Å². The van der Waals surface area contributed by atoms with Crippen molar-refractivity contribution in [3.05, 3.63) is 105 Å². The molecule has 1 N–H and O–H groups in total. The highest BCUT2D eigenvalue weighted by Gasteiger charge is 2.34. The molecule has 136 valence electrons. The van der Waals surface area contributed by atoms with E-state index in [-0.39, 0.29) is 18.0 Å². The van der Waals surface area contributed by atoms with Crippen molar-refractivity contribution in [3.63, 3.8) is 0 Å². The minimum Gasteiger partial charge on any atom is -0.347 e. The van der Waals surface area contributed by atoms with Gasteiger partial charge in [-0.2, -0.15) is 0 Å². The van der Waals surface area contributed by atoms with Crippen molar-refractivity contribution >= 4 is 28.5 Å². The Bertz CT molecular complexity index is 851. The van der Waals surface area contributed by atoms with Crippen molar-refractivity contribution in [3.8, 4) is 0 Å². The van der Waals surface area contributed by atoms with Gasteiger partial charge in [0.05, 0.1) is 12.1 Å². The second-order valence-electron chi connectivity index (χ2n) is 6.86. The summed E-state index contributed by atoms with van der Waals surface area (Å²) < 4.78 is 1.13. The van der Waals surface area contributed by atoms with Crippen LogP contribution in [0.1, 0.15) is 27.5 Å². The second-order valence-corrected chi connectivity index (χ2v) is 8.10. The van der Waals surface area contributed by atoms with Crippen LogP contribution >= 0.6 is 22.6 Å². The first kappa shape index (κ1) is 18.2. The lowest BCUT2D eigenvalue weighted by atomic mass is 9.93. The van der Waals surface area contributed by atoms with Crippen molar-refractivity contribution in [2.45, 2.75) is 12.1 Å². The molecule has 0 bridgehead atoms. The zero-order chi connectivity index (χ0) is 18.6. The maximum Gasteiger partial charge on any atom is 0.251 e. The van der Waals surface area contributed by atoms with Crippen LogP contribution < -0.4 is 5.32 Å². The van der Waals surface area contributed by atoms with Crippen LogP contribution in [0, 0.1) is 3.57 Å². The van der Waals surface area contributed by atoms with Crippen molar-refractivity contribution < 1.29 is 4.79 Å². The summed E-state index contributed by atoms with van der Waals surface area (Å²) in [5.74, 6) is 0.00650. The Morgan fingerprint density at radius 1 is 0.852 bits per heavy atom. The standard InChI is InChI=1S/C23H21IN2O/c24-20-13-11-19(12-14-20)23(27)25-21-15-26(16-21)22(17-7-3-1-4-8-17)18-9-5-2-6-10-18/h1-14,21-22H,15-16H2,(H,25,27). The zero-order valence-electron chi connectivity index (χ0n) is 14.9. The van der Waals surface area contributed by atoms with Gasteiger partial charge in [0.2, 0.25) is 0 Å². The number of halogens is 1. The summed E-state index contributed by atoms with van der Waals surface area (Å²) in [5, 5.41) is 3.16. The highest BCUT2D eigenvalue weighted by Crippen LogP contribution is 2.32. The van der Waals surface area contributed by atoms with Crippen molar-refractivity contribution in [1.82, 2.24) is 10.2 Å². The second kappa shape index (κ2) is 8.23. The summed E-state index contributed by atoms with van der Waals surface area (Å²) in [6.07, 6.45) is 0. The van der Waals surface area contributed by atoms with E-state index in [9.17, 15) is 4.79 Å². The average molecular weight is 468 g/mol. The number of rotatable bonds is 5. The molecule has 27 heavy (non-hydrogen) atoms. The number of amides is 1. The first-order chi connectivity index (χ1) is 13.2. The Labute approximate surface area is 173 Å². The van der Waals surface area contributed by atoms with E-state index in [0.29, 0.717) is 0 Å². The molecule has 4 rings (SSSR count). The van der Waals surface area contributed by atoms with E-state index in [0.717, 1.165) is 22.2 Å². The summed E-state index contributed by atoms with van der Waals surface area (Å²) in [7, 11) is 0. The van der Waals surface area contributed by atoms with Crippen LogP contribution in [0.5, 0.6) is 0 Å². The third-order valence-electron chi connectivity index (χ3n) is 4.95. The molecule has 0 atom stereocenters. The Balaban J connectivity index is 1.44. The van der Waals surface area contributed by atoms with Crippen molar-refractivity contribution in [2.75, 3.05) is 13.1 Å². The number of nitrogens with one attached hydrogen (secondary N) is 1. The predicted octanol–water partition coefficient (Wildman–Crippen LogP) is 4.49. The molecule has 1 heterocycles. The lowest BCUT2D eigenvalue weighted by Crippen LogP contribution is -2.60. The van der Waals surface area contributed by atoms with Crippen LogP contribution in [-0.2, 0) is 0 Å². The average Bonchev–Trinajstić information content (AvgIpc) is 2.68. The molecule has 1 aliphatic rings. The van der Waals surface area contributed by atoms with Gasteiger partial charge in [0.15, 0.2) is 0 Å². The number of nitrogens with zero attached hydrogens (tertiary/aromatic N) is 1. The summed E-state index contributed by atoms with van der Waals surface area (Å²) in [6, 6.07) is 29.2. The molecule has 4 heteroatoms. The molecule has 1 amide bonds. The van der Waals surface area contributed by atoms with Crippen LogP contribution in [0.25, 0.3) is 0 Å². The maximum absolute atomic E-state index is 12.4. The highest BCUT2D eigenvalue weighted by atomic mass is 127. The first-order valence-electron chi connectivity index (χ1n) is 9.11. The molecule has 0 radical (unpaired) electrons. The van der Waals surface area contributed by atoms with Crippen molar-refractivity contribution in [2.24, 2.45) is 0 Å². The van der Waals surface area contributed by atoms with E-state index < -0.39 is 0 Å². The van der Waals surface area contributed by atoms with E-state index in [4.69, 9.17) is 0 Å². The Kier molecular flexibility index (Phi) is 5.55. The van der Waals surface area contributed by atoms with Gasteiger partial charge in [-0.3, -0.25) is 9.69 Å². The molecule has 0 aromatic heterocycles. The summed E-state index contributed by atoms with van der Waals surface area (Å²) in [5.41, 5.74) is 3.29. The molecule has 1 fully saturated rings. The number of carbonyl (C=O) groups excluding carboxylic acids is 1. The highest BCUT2D eigenvalue weighted by molar-refractivity contribution is 14.1. The Morgan fingerprint density at radius 3 is 1.89 bits per heavy atom. The molecule has 0 spiro atoms. The third kappa shape index (κ3) is 4.22. The molecular weight excluding hydrogens is 447 g/mol. The number of benzene rings is 3. The van der Waals surface area contributed by atoms with Gasteiger partial charge in [0, 0.05) is 22.2 Å². The van der Waals surface area contributed by atoms with E-state index >= 15 is 0 Å². The van der Waals surface area contributed by atoms with Crippen LogP contribution in [0.3, 0.4) is 0 Å². The van der Waals surface area contributed by atoms with E-state index in [1.165, 1.54) is 11.1 Å². The monoisotopic (exact) mass is 468 g/mol. The van der Waals surface area contributed by atoms with E-state index in [1.54, 1.807) is 0 Å². The van der Waals surface area contributed by atoms with Crippen LogP contribution in [0.2, 0.25) is 0 Å². The smallest absolute Gasteiger partial charge is 0.251 e. The number of hydrogen-bond acceptors (Lipinski definition) is 2. The number of likely N-dealkylation sites (tertiary alicyclic amines) is 1. The quantitative estimate of drug-likeness (QED) is 0.560. The summed E-state index contributed by atoms with van der Waals surface area (Å²) in [6.45, 7) is 1.70. The number of hydrogen-bond donors (Lipinski definition) is 1. The molecule has 0 saturated carbocycles. The van der Waals surface area contributed by atoms with Gasteiger partial charge in [-0.1, -0.05) is 60.7 Å². The Hall–Kier alpha value is -2.18. The minimum atomic E-state index is 0.00650. The Morgan fingerprint density at radius 2 is 1.37 bits per heavy atom.